The molecular weight excluding hydrogens is 207 g/mol. The molecular formula is C10H19BN2OS. The molecule has 1 N–H and O–H groups in total. The summed E-state index contributed by atoms with van der Waals surface area (Å²) < 4.78 is 0. The van der Waals surface area contributed by atoms with Gasteiger partial charge in [0.15, 0.2) is 0 Å². The van der Waals surface area contributed by atoms with E-state index in [1.807, 2.05) is 23.7 Å². The van der Waals surface area contributed by atoms with Gasteiger partial charge >= 0.3 is 6.03 Å². The molecule has 2 aliphatic heterocycles. The van der Waals surface area contributed by atoms with Crippen molar-refractivity contribution in [1.82, 2.24) is 10.2 Å². The van der Waals surface area contributed by atoms with Gasteiger partial charge in [0.2, 0.25) is 0 Å². The van der Waals surface area contributed by atoms with Gasteiger partial charge in [0.25, 0.3) is 0 Å². The van der Waals surface area contributed by atoms with E-state index in [2.05, 4.69) is 27.0 Å². The van der Waals surface area contributed by atoms with Crippen LogP contribution >= 0.6 is 11.8 Å². The summed E-state index contributed by atoms with van der Waals surface area (Å²) in [6, 6.07) is 0.463. The van der Waals surface area contributed by atoms with E-state index >= 15 is 0 Å². The maximum absolute atomic E-state index is 11.7. The molecule has 84 valence electrons. The van der Waals surface area contributed by atoms with Crippen molar-refractivity contribution in [2.24, 2.45) is 5.92 Å². The monoisotopic (exact) mass is 226 g/mol. The van der Waals surface area contributed by atoms with E-state index in [4.69, 9.17) is 0 Å². The molecule has 2 saturated heterocycles. The fourth-order valence-corrected chi connectivity index (χ4v) is 4.87. The lowest BCUT2D eigenvalue weighted by molar-refractivity contribution is 0.218. The molecule has 0 radical (unpaired) electrons. The van der Waals surface area contributed by atoms with E-state index in [9.17, 15) is 4.79 Å². The van der Waals surface area contributed by atoms with Crippen molar-refractivity contribution in [1.29, 1.82) is 0 Å². The Bertz CT molecular complexity index is 289. The molecule has 2 unspecified atom stereocenters. The number of fused-ring (bicyclic) bond motifs is 1. The lowest BCUT2D eigenvalue weighted by Gasteiger charge is -2.33. The van der Waals surface area contributed by atoms with E-state index in [0.717, 1.165) is 5.75 Å². The number of likely N-dealkylation sites (N-methyl/N-ethyl adjacent to an activating group) is 1. The van der Waals surface area contributed by atoms with Crippen LogP contribution in [0, 0.1) is 5.92 Å². The smallest absolute Gasteiger partial charge is 0.317 e. The second-order valence-corrected chi connectivity index (χ2v) is 6.15. The Hall–Kier alpha value is -0.315. The molecule has 5 heteroatoms. The minimum atomic E-state index is -0.0219. The van der Waals surface area contributed by atoms with E-state index in [1.165, 1.54) is 6.42 Å². The van der Waals surface area contributed by atoms with Crippen LogP contribution in [-0.2, 0) is 0 Å². The number of rotatable bonds is 2. The number of carbonyl (C=O) groups excluding carboxylic acids is 1. The topological polar surface area (TPSA) is 32.3 Å². The van der Waals surface area contributed by atoms with E-state index in [-0.39, 0.29) is 11.5 Å². The summed E-state index contributed by atoms with van der Waals surface area (Å²) in [4.78, 5) is 13.5. The van der Waals surface area contributed by atoms with Crippen molar-refractivity contribution in [3.63, 3.8) is 0 Å². The summed E-state index contributed by atoms with van der Waals surface area (Å²) >= 11 is 2.02. The Morgan fingerprint density at radius 1 is 1.80 bits per heavy atom. The van der Waals surface area contributed by atoms with Crippen molar-refractivity contribution < 1.29 is 4.79 Å². The zero-order chi connectivity index (χ0) is 11.2. The molecule has 2 aliphatic rings. The van der Waals surface area contributed by atoms with Gasteiger partial charge in [-0.1, -0.05) is 20.3 Å². The molecule has 0 spiro atoms. The fraction of sp³-hybridized carbons (Fsp3) is 0.900. The summed E-state index contributed by atoms with van der Waals surface area (Å²) in [7, 11) is 4.11. The van der Waals surface area contributed by atoms with Crippen LogP contribution in [0.2, 0.25) is 0 Å². The van der Waals surface area contributed by atoms with Gasteiger partial charge in [0.1, 0.15) is 7.85 Å². The van der Waals surface area contributed by atoms with E-state index in [0.29, 0.717) is 17.2 Å². The molecule has 0 saturated carbocycles. The maximum Gasteiger partial charge on any atom is 0.317 e. The first-order valence-electron chi connectivity index (χ1n) is 5.67. The van der Waals surface area contributed by atoms with E-state index in [1.54, 1.807) is 0 Å². The highest BCUT2D eigenvalue weighted by atomic mass is 32.2. The summed E-state index contributed by atoms with van der Waals surface area (Å²) in [6.07, 6.45) is 1.18. The van der Waals surface area contributed by atoms with Gasteiger partial charge in [-0.05, 0) is 5.92 Å². The third kappa shape index (κ3) is 1.47. The predicted molar refractivity (Wildman–Crippen MR) is 67.1 cm³/mol. The van der Waals surface area contributed by atoms with Gasteiger partial charge in [0, 0.05) is 23.5 Å². The molecule has 2 heterocycles. The zero-order valence-corrected chi connectivity index (χ0v) is 10.7. The molecule has 0 bridgehead atoms. The molecule has 2 amide bonds. The Morgan fingerprint density at radius 2 is 2.47 bits per heavy atom. The highest BCUT2D eigenvalue weighted by molar-refractivity contribution is 8.00. The number of hydrogen-bond donors (Lipinski definition) is 1. The van der Waals surface area contributed by atoms with Crippen molar-refractivity contribution in [2.75, 3.05) is 12.8 Å². The summed E-state index contributed by atoms with van der Waals surface area (Å²) in [5, 5.41) is 3.73. The first-order valence-corrected chi connectivity index (χ1v) is 6.72. The first-order chi connectivity index (χ1) is 7.00. The summed E-state index contributed by atoms with van der Waals surface area (Å²) in [6.45, 7) is 4.51. The molecule has 15 heavy (non-hydrogen) atoms. The van der Waals surface area contributed by atoms with Gasteiger partial charge in [-0.3, -0.25) is 0 Å². The second kappa shape index (κ2) is 3.61. The Labute approximate surface area is 96.8 Å². The predicted octanol–water partition coefficient (Wildman–Crippen LogP) is 0.501. The third-order valence-electron chi connectivity index (χ3n) is 4.04. The van der Waals surface area contributed by atoms with Crippen LogP contribution in [0.4, 0.5) is 4.79 Å². The minimum Gasteiger partial charge on any atom is -0.337 e. The van der Waals surface area contributed by atoms with Crippen LogP contribution in [0.1, 0.15) is 20.3 Å². The molecule has 0 aliphatic carbocycles. The standard InChI is InChI=1S/C10H19BN2OS/c1-4-6(2)8-10(11)7(5-15-8)13(3)9(14)12-10/h6-8H,4-5,11H2,1-3H3,(H,12,14)/t6?,7-,8?,10-/m0/s1. The number of carbonyl (C=O) groups is 1. The molecule has 2 fully saturated rings. The average Bonchev–Trinajstić information content (AvgIpc) is 2.62. The average molecular weight is 226 g/mol. The van der Waals surface area contributed by atoms with Crippen molar-refractivity contribution in [3.05, 3.63) is 0 Å². The van der Waals surface area contributed by atoms with Crippen LogP contribution in [0.25, 0.3) is 0 Å². The van der Waals surface area contributed by atoms with Gasteiger partial charge in [-0.25, -0.2) is 4.79 Å². The normalized spacial score (nSPS) is 41.5. The number of nitrogens with one attached hydrogen (secondary N) is 1. The van der Waals surface area contributed by atoms with E-state index < -0.39 is 0 Å². The number of nitrogens with zero attached hydrogens (tertiary/aromatic N) is 1. The molecule has 2 rings (SSSR count). The number of hydrogen-bond acceptors (Lipinski definition) is 2. The minimum absolute atomic E-state index is 0.0219. The SMILES string of the molecule is B[C@]12NC(=O)N(C)[C@H]1CSC2C(C)CC. The van der Waals surface area contributed by atoms with Crippen LogP contribution in [0.5, 0.6) is 0 Å². The molecule has 4 atom stereocenters. The Kier molecular flexibility index (Phi) is 2.69. The lowest BCUT2D eigenvalue weighted by Crippen LogP contribution is -2.56. The van der Waals surface area contributed by atoms with Gasteiger partial charge in [-0.2, -0.15) is 11.8 Å². The van der Waals surface area contributed by atoms with Crippen molar-refractivity contribution >= 4 is 25.6 Å². The van der Waals surface area contributed by atoms with Gasteiger partial charge < -0.3 is 10.2 Å². The Balaban J connectivity index is 2.23. The number of amides is 2. The highest BCUT2D eigenvalue weighted by Crippen LogP contribution is 2.44. The highest BCUT2D eigenvalue weighted by Gasteiger charge is 2.56. The van der Waals surface area contributed by atoms with Crippen LogP contribution in [0.3, 0.4) is 0 Å². The molecule has 0 aromatic heterocycles. The fourth-order valence-electron chi connectivity index (χ4n) is 2.83. The maximum atomic E-state index is 11.7. The Morgan fingerprint density at radius 3 is 3.07 bits per heavy atom. The molecule has 0 aromatic carbocycles. The second-order valence-electron chi connectivity index (χ2n) is 4.98. The zero-order valence-electron chi connectivity index (χ0n) is 9.91. The lowest BCUT2D eigenvalue weighted by atomic mass is 9.67. The summed E-state index contributed by atoms with van der Waals surface area (Å²) in [5.74, 6) is 1.73. The largest absolute Gasteiger partial charge is 0.337 e. The summed E-state index contributed by atoms with van der Waals surface area (Å²) in [5.41, 5.74) is -0.0219. The van der Waals surface area contributed by atoms with Crippen LogP contribution in [-0.4, -0.2) is 48.3 Å². The van der Waals surface area contributed by atoms with Crippen LogP contribution < -0.4 is 5.32 Å². The number of urea groups is 1. The van der Waals surface area contributed by atoms with Crippen LogP contribution in [0.15, 0.2) is 0 Å². The van der Waals surface area contributed by atoms with Crippen molar-refractivity contribution in [2.45, 2.75) is 37.0 Å². The number of thioether (sulfide) groups is 1. The quantitative estimate of drug-likeness (QED) is 0.549. The molecule has 0 aromatic rings. The molecule has 3 nitrogen and oxygen atoms in total. The van der Waals surface area contributed by atoms with Crippen molar-refractivity contribution in [3.8, 4) is 0 Å². The first kappa shape index (κ1) is 11.2. The van der Waals surface area contributed by atoms with Gasteiger partial charge in [-0.15, -0.1) is 0 Å². The van der Waals surface area contributed by atoms with Gasteiger partial charge in [0.05, 0.1) is 6.04 Å². The third-order valence-corrected chi connectivity index (χ3v) is 5.86.